The summed E-state index contributed by atoms with van der Waals surface area (Å²) in [4.78, 5) is 0. The summed E-state index contributed by atoms with van der Waals surface area (Å²) in [5, 5.41) is 0. The van der Waals surface area contributed by atoms with Crippen LogP contribution >= 0.6 is 0 Å². The van der Waals surface area contributed by atoms with E-state index in [4.69, 9.17) is 0 Å². The fraction of sp³-hybridized carbons (Fsp3) is 1.00. The molecule has 0 aliphatic carbocycles. The third-order valence-corrected chi connectivity index (χ3v) is 0. The molecule has 0 bridgehead atoms. The van der Waals surface area contributed by atoms with Crippen LogP contribution in [0.15, 0.2) is 0 Å². The minimum atomic E-state index is 0. The maximum absolute atomic E-state index is 0. The van der Waals surface area contributed by atoms with Crippen molar-refractivity contribution in [3.8, 4) is 0 Å². The minimum Gasteiger partial charge on any atom is -0.0776 e. The first-order valence-electron chi connectivity index (χ1n) is 0. The van der Waals surface area contributed by atoms with Crippen LogP contribution in [0.25, 0.3) is 0 Å². The Morgan fingerprint density at radius 1 is 0.250 bits per heavy atom. The first kappa shape index (κ1) is 2.25. The van der Waals surface area contributed by atoms with Gasteiger partial charge >= 0.3 is 0 Å². The van der Waals surface area contributed by atoms with Gasteiger partial charge in [-0.05, 0) is 0 Å². The molecule has 0 amide bonds. The molecule has 0 aromatic rings. The summed E-state index contributed by atoms with van der Waals surface area (Å²) in [6.07, 6.45) is 0. The van der Waals surface area contributed by atoms with Crippen molar-refractivity contribution in [1.29, 1.82) is 0 Å². The van der Waals surface area contributed by atoms with Gasteiger partial charge in [0, 0.05) is 0 Å². The van der Waals surface area contributed by atoms with Gasteiger partial charge < -0.3 is 0 Å². The number of hydrogen-bond acceptors (Lipinski definition) is 0. The van der Waals surface area contributed by atoms with Crippen molar-refractivity contribution in [3.05, 3.63) is 0 Å². The smallest absolute Gasteiger partial charge is 0 e. The quantitative estimate of drug-likeness (QED) is 0.351. The van der Waals surface area contributed by atoms with Crippen molar-refractivity contribution in [2.75, 3.05) is 0 Å². The van der Waals surface area contributed by atoms with Crippen LogP contribution in [-0.2, 0) is 0 Å². The average Bonchev–Trinajstić information content (AvgIpc) is 0. The molecule has 0 aromatic carbocycles. The Kier molecular flexibility index (Phi) is 0.211. The van der Waals surface area contributed by atoms with Crippen LogP contribution in [0.3, 0.4) is 0 Å². The van der Waals surface area contributed by atoms with Crippen LogP contribution in [0.4, 0.5) is 0 Å². The molecule has 0 radical (unpaired) electrons. The molecule has 0 nitrogen and oxygen atoms in total. The zero-order valence-corrected chi connectivity index (χ0v) is 28.4. The van der Waals surface area contributed by atoms with Crippen LogP contribution in [0.5, 0.6) is 0 Å². The second-order valence-electron chi connectivity index (χ2n) is 0. The summed E-state index contributed by atoms with van der Waals surface area (Å²) >= 11 is 0. The Balaban J connectivity index is 0. The fourth-order valence-electron chi connectivity index (χ4n) is 0. The third-order valence-electron chi connectivity index (χ3n) is 0. The van der Waals surface area contributed by atoms with Gasteiger partial charge in [0.15, 0.2) is 0 Å². The van der Waals surface area contributed by atoms with E-state index in [-0.39, 0.29) is 29.7 Å². The van der Waals surface area contributed by atoms with Gasteiger partial charge in [-0.15, -0.1) is 0 Å². The van der Waals surface area contributed by atoms with Crippen molar-refractivity contribution in [3.63, 3.8) is 0 Å². The Morgan fingerprint density at radius 3 is 0.250 bits per heavy atom. The first-order valence-corrected chi connectivity index (χ1v) is 0. The summed E-state index contributed by atoms with van der Waals surface area (Å²) in [5.41, 5.74) is 0. The Bertz CT molecular complexity index is 8.00. The molecule has 0 N–H and O–H groups in total. The predicted molar refractivity (Wildman–Crippen MR) is 26.9 cm³/mol. The van der Waals surface area contributed by atoms with Crippen molar-refractivity contribution in [2.45, 2.75) is 29.7 Å². The van der Waals surface area contributed by atoms with Gasteiger partial charge in [0.2, 0.25) is 0 Å². The SMILES string of the molecule is C.C.C.C.[Rf].[Rf].[Rf].[Rf]. The maximum Gasteiger partial charge on any atom is 0 e. The van der Waals surface area contributed by atoms with Crippen molar-refractivity contribution in [1.82, 2.24) is 0 Å². The molecule has 0 unspecified atom stereocenters. The van der Waals surface area contributed by atoms with Gasteiger partial charge in [-0.25, -0.2) is 0 Å². The topological polar surface area (TPSA) is 0 Å². The minimum absolute atomic E-state index is 0. The predicted octanol–water partition coefficient (Wildman–Crippen LogP) is 2.54. The molecule has 0 aliphatic rings. The molecule has 8 heavy (non-hydrogen) atoms. The van der Waals surface area contributed by atoms with E-state index in [1.807, 2.05) is 0 Å². The zero-order valence-electron chi connectivity index (χ0n) is 2.83. The van der Waals surface area contributed by atoms with Crippen molar-refractivity contribution >= 4 is 0 Å². The molecule has 4 heteroatoms. The first-order chi connectivity index (χ1) is 0. The fourth-order valence-corrected chi connectivity index (χ4v) is 0. The summed E-state index contributed by atoms with van der Waals surface area (Å²) in [7, 11) is 0. The third kappa shape index (κ3) is 0.125. The molecular formula is C4H16Rf4. The van der Waals surface area contributed by atoms with Crippen molar-refractivity contribution in [2.24, 2.45) is 0 Å². The van der Waals surface area contributed by atoms with Gasteiger partial charge in [-0.3, -0.25) is 0 Å². The molecular weight excluding hydrogens is 1120 g/mol. The van der Waals surface area contributed by atoms with E-state index in [0.29, 0.717) is 0 Å². The van der Waals surface area contributed by atoms with Gasteiger partial charge in [-0.1, -0.05) is 29.7 Å². The summed E-state index contributed by atoms with van der Waals surface area (Å²) in [5.74, 6) is 0. The molecule has 0 rings (SSSR count). The van der Waals surface area contributed by atoms with E-state index in [2.05, 4.69) is 0 Å². The normalized spacial score (nSPS) is 0. The molecule has 0 fully saturated rings. The molecule has 0 saturated carbocycles. The monoisotopic (exact) mass is 1130 g/mol. The number of hydrogen-bond donors (Lipinski definition) is 0. The van der Waals surface area contributed by atoms with Gasteiger partial charge in [0.25, 0.3) is 0 Å². The molecule has 0 aromatic heterocycles. The molecule has 0 heterocycles. The van der Waals surface area contributed by atoms with Crippen LogP contribution in [0, 0.1) is 0 Å². The van der Waals surface area contributed by atoms with Crippen LogP contribution in [0.1, 0.15) is 29.7 Å². The van der Waals surface area contributed by atoms with Gasteiger partial charge in [-0.2, -0.15) is 0 Å². The molecule has 0 spiro atoms. The van der Waals surface area contributed by atoms with E-state index >= 15 is 0 Å². The van der Waals surface area contributed by atoms with E-state index in [9.17, 15) is 0 Å². The van der Waals surface area contributed by atoms with E-state index in [1.165, 1.54) is 0 Å². The van der Waals surface area contributed by atoms with Gasteiger partial charge in [0.05, 0.1) is 0 Å². The van der Waals surface area contributed by atoms with Crippen molar-refractivity contribution < 1.29 is 0 Å². The average molecular weight is 1130 g/mol. The van der Waals surface area contributed by atoms with E-state index in [1.54, 1.807) is 0 Å². The molecule has 0 atom stereocenters. The second-order valence-corrected chi connectivity index (χ2v) is 0. The Morgan fingerprint density at radius 2 is 0.250 bits per heavy atom. The Labute approximate surface area is 30.9 Å². The largest absolute Gasteiger partial charge is 0.0776 e. The van der Waals surface area contributed by atoms with Crippen LogP contribution in [0.2, 0.25) is 0 Å². The maximum atomic E-state index is 0. The zero-order chi connectivity index (χ0) is 0. The van der Waals surface area contributed by atoms with Crippen LogP contribution in [-0.4, -0.2) is 0 Å². The Hall–Kier alpha value is -4.00. The van der Waals surface area contributed by atoms with Gasteiger partial charge in [0.1, 0.15) is 0 Å². The molecule has 0 saturated heterocycles. The van der Waals surface area contributed by atoms with Crippen LogP contribution < -0.4 is 0 Å². The second kappa shape index (κ2) is 0.750. The molecule has 40 valence electrons. The molecule has 0 aliphatic heterocycles. The number of rotatable bonds is 0. The van der Waals surface area contributed by atoms with E-state index < -0.39 is 0 Å². The summed E-state index contributed by atoms with van der Waals surface area (Å²) < 4.78 is 0. The van der Waals surface area contributed by atoms with E-state index in [0.717, 1.165) is 0 Å². The summed E-state index contributed by atoms with van der Waals surface area (Å²) in [6, 6.07) is 0. The standard InChI is InChI=1S/4CH4.4Rf/h4*1H4;;;;. The summed E-state index contributed by atoms with van der Waals surface area (Å²) in [6.45, 7) is 0.